The maximum absolute atomic E-state index is 10.6. The highest BCUT2D eigenvalue weighted by molar-refractivity contribution is 14.1. The standard InChI is InChI=1S/C7H8IN3O/c8-5-1-3-6(4-2-5)11(10)7(9)12/h1-4H,10H2,(H2,9,12). The Kier molecular flexibility index (Phi) is 2.88. The molecule has 0 bridgehead atoms. The van der Waals surface area contributed by atoms with Gasteiger partial charge in [0.15, 0.2) is 0 Å². The molecule has 0 aliphatic rings. The number of benzene rings is 1. The number of anilines is 1. The number of hydrogen-bond acceptors (Lipinski definition) is 2. The molecule has 5 heteroatoms. The Morgan fingerprint density at radius 1 is 1.33 bits per heavy atom. The Hall–Kier alpha value is -0.820. The molecule has 2 amide bonds. The summed E-state index contributed by atoms with van der Waals surface area (Å²) in [5, 5.41) is 0.899. The first-order valence-electron chi connectivity index (χ1n) is 3.21. The highest BCUT2D eigenvalue weighted by atomic mass is 127. The van der Waals surface area contributed by atoms with Crippen molar-refractivity contribution in [2.45, 2.75) is 0 Å². The van der Waals surface area contributed by atoms with E-state index in [1.807, 2.05) is 12.1 Å². The summed E-state index contributed by atoms with van der Waals surface area (Å²) in [7, 11) is 0. The van der Waals surface area contributed by atoms with E-state index in [9.17, 15) is 4.79 Å². The molecule has 0 radical (unpaired) electrons. The molecule has 0 fully saturated rings. The van der Waals surface area contributed by atoms with Crippen molar-refractivity contribution in [2.24, 2.45) is 11.6 Å². The van der Waals surface area contributed by atoms with Gasteiger partial charge in [-0.1, -0.05) is 0 Å². The van der Waals surface area contributed by atoms with Crippen LogP contribution in [0, 0.1) is 3.57 Å². The molecule has 64 valence electrons. The molecule has 0 heterocycles. The van der Waals surface area contributed by atoms with Gasteiger partial charge in [0.05, 0.1) is 5.69 Å². The van der Waals surface area contributed by atoms with Crippen molar-refractivity contribution < 1.29 is 4.79 Å². The first-order chi connectivity index (χ1) is 5.61. The van der Waals surface area contributed by atoms with Crippen molar-refractivity contribution >= 4 is 34.3 Å². The van der Waals surface area contributed by atoms with Crippen molar-refractivity contribution in [2.75, 3.05) is 5.01 Å². The zero-order valence-electron chi connectivity index (χ0n) is 6.20. The van der Waals surface area contributed by atoms with Gasteiger partial charge in [-0.15, -0.1) is 0 Å². The lowest BCUT2D eigenvalue weighted by molar-refractivity contribution is 0.254. The van der Waals surface area contributed by atoms with Crippen LogP contribution in [-0.4, -0.2) is 6.03 Å². The monoisotopic (exact) mass is 277 g/mol. The summed E-state index contributed by atoms with van der Waals surface area (Å²) in [6, 6.07) is 6.48. The van der Waals surface area contributed by atoms with E-state index in [0.29, 0.717) is 5.69 Å². The lowest BCUT2D eigenvalue weighted by Crippen LogP contribution is -2.41. The normalized spacial score (nSPS) is 9.50. The van der Waals surface area contributed by atoms with Crippen LogP contribution in [0.1, 0.15) is 0 Å². The minimum atomic E-state index is -0.670. The number of carbonyl (C=O) groups is 1. The fraction of sp³-hybridized carbons (Fsp3) is 0. The maximum Gasteiger partial charge on any atom is 0.333 e. The smallest absolute Gasteiger partial charge is 0.333 e. The van der Waals surface area contributed by atoms with Crippen molar-refractivity contribution in [3.8, 4) is 0 Å². The van der Waals surface area contributed by atoms with Crippen LogP contribution in [0.5, 0.6) is 0 Å². The second-order valence-corrected chi connectivity index (χ2v) is 3.43. The van der Waals surface area contributed by atoms with Crippen molar-refractivity contribution in [1.29, 1.82) is 0 Å². The maximum atomic E-state index is 10.6. The summed E-state index contributed by atoms with van der Waals surface area (Å²) in [4.78, 5) is 10.6. The molecule has 1 aromatic rings. The van der Waals surface area contributed by atoms with Gasteiger partial charge in [-0.2, -0.15) is 0 Å². The highest BCUT2D eigenvalue weighted by Gasteiger charge is 2.05. The SMILES string of the molecule is NC(=O)N(N)c1ccc(I)cc1. The number of rotatable bonds is 1. The van der Waals surface area contributed by atoms with Crippen LogP contribution >= 0.6 is 22.6 Å². The van der Waals surface area contributed by atoms with Gasteiger partial charge < -0.3 is 5.73 Å². The molecule has 1 rings (SSSR count). The average Bonchev–Trinajstić information content (AvgIpc) is 2.04. The number of hydrogen-bond donors (Lipinski definition) is 2. The lowest BCUT2D eigenvalue weighted by Gasteiger charge is -2.12. The molecular formula is C7H8IN3O. The van der Waals surface area contributed by atoms with E-state index < -0.39 is 6.03 Å². The Morgan fingerprint density at radius 2 is 1.83 bits per heavy atom. The van der Waals surface area contributed by atoms with Gasteiger partial charge in [-0.05, 0) is 46.9 Å². The van der Waals surface area contributed by atoms with Crippen LogP contribution in [0.4, 0.5) is 10.5 Å². The van der Waals surface area contributed by atoms with Gasteiger partial charge in [-0.25, -0.2) is 15.6 Å². The lowest BCUT2D eigenvalue weighted by atomic mass is 10.3. The zero-order valence-corrected chi connectivity index (χ0v) is 8.36. The van der Waals surface area contributed by atoms with Crippen LogP contribution in [-0.2, 0) is 0 Å². The van der Waals surface area contributed by atoms with Crippen LogP contribution in [0.3, 0.4) is 0 Å². The number of primary amides is 1. The zero-order chi connectivity index (χ0) is 9.14. The third-order valence-corrected chi connectivity index (χ3v) is 2.06. The molecule has 0 unspecified atom stereocenters. The van der Waals surface area contributed by atoms with Gasteiger partial charge in [0, 0.05) is 3.57 Å². The molecule has 0 saturated heterocycles. The van der Waals surface area contributed by atoms with Crippen LogP contribution in [0.2, 0.25) is 0 Å². The van der Waals surface area contributed by atoms with Crippen molar-refractivity contribution in [1.82, 2.24) is 0 Å². The molecule has 4 nitrogen and oxygen atoms in total. The average molecular weight is 277 g/mol. The molecule has 0 spiro atoms. The number of urea groups is 1. The number of halogens is 1. The van der Waals surface area contributed by atoms with E-state index in [2.05, 4.69) is 22.6 Å². The van der Waals surface area contributed by atoms with E-state index in [1.54, 1.807) is 12.1 Å². The third-order valence-electron chi connectivity index (χ3n) is 1.34. The summed E-state index contributed by atoms with van der Waals surface area (Å²) in [5.74, 6) is 5.34. The van der Waals surface area contributed by atoms with Crippen LogP contribution < -0.4 is 16.6 Å². The predicted octanol–water partition coefficient (Wildman–Crippen LogP) is 1.05. The molecule has 0 aromatic heterocycles. The fourth-order valence-corrected chi connectivity index (χ4v) is 1.09. The molecule has 0 aliphatic heterocycles. The number of carbonyl (C=O) groups excluding carboxylic acids is 1. The Labute approximate surface area is 83.6 Å². The molecule has 0 atom stereocenters. The van der Waals surface area contributed by atoms with E-state index >= 15 is 0 Å². The Balaban J connectivity index is 2.89. The van der Waals surface area contributed by atoms with E-state index in [1.165, 1.54) is 0 Å². The Bertz CT molecular complexity index is 285. The Morgan fingerprint density at radius 3 is 2.25 bits per heavy atom. The van der Waals surface area contributed by atoms with E-state index in [-0.39, 0.29) is 0 Å². The summed E-state index contributed by atoms with van der Waals surface area (Å²) >= 11 is 2.16. The van der Waals surface area contributed by atoms with Gasteiger partial charge in [-0.3, -0.25) is 0 Å². The number of nitrogens with zero attached hydrogens (tertiary/aromatic N) is 1. The quantitative estimate of drug-likeness (QED) is 0.348. The minimum absolute atomic E-state index is 0.586. The molecule has 4 N–H and O–H groups in total. The first-order valence-corrected chi connectivity index (χ1v) is 4.29. The van der Waals surface area contributed by atoms with E-state index in [0.717, 1.165) is 8.58 Å². The second kappa shape index (κ2) is 3.72. The van der Waals surface area contributed by atoms with Crippen molar-refractivity contribution in [3.63, 3.8) is 0 Å². The van der Waals surface area contributed by atoms with Crippen molar-refractivity contribution in [3.05, 3.63) is 27.8 Å². The van der Waals surface area contributed by atoms with Gasteiger partial charge >= 0.3 is 6.03 Å². The molecular weight excluding hydrogens is 269 g/mol. The van der Waals surface area contributed by atoms with Crippen LogP contribution in [0.15, 0.2) is 24.3 Å². The van der Waals surface area contributed by atoms with Gasteiger partial charge in [0.25, 0.3) is 0 Å². The summed E-state index contributed by atoms with van der Waals surface area (Å²) < 4.78 is 1.08. The molecule has 12 heavy (non-hydrogen) atoms. The highest BCUT2D eigenvalue weighted by Crippen LogP contribution is 2.13. The number of nitrogens with two attached hydrogens (primary N) is 2. The van der Waals surface area contributed by atoms with Gasteiger partial charge in [0.1, 0.15) is 0 Å². The summed E-state index contributed by atoms with van der Waals surface area (Å²) in [5.41, 5.74) is 5.55. The summed E-state index contributed by atoms with van der Waals surface area (Å²) in [6.45, 7) is 0. The van der Waals surface area contributed by atoms with Gasteiger partial charge in [0.2, 0.25) is 0 Å². The number of amides is 2. The minimum Gasteiger partial charge on any atom is -0.350 e. The second-order valence-electron chi connectivity index (χ2n) is 2.18. The molecule has 0 saturated carbocycles. The first kappa shape index (κ1) is 9.27. The molecule has 0 aliphatic carbocycles. The predicted molar refractivity (Wildman–Crippen MR) is 55.4 cm³/mol. The van der Waals surface area contributed by atoms with E-state index in [4.69, 9.17) is 11.6 Å². The largest absolute Gasteiger partial charge is 0.350 e. The topological polar surface area (TPSA) is 72.4 Å². The third kappa shape index (κ3) is 2.08. The number of hydrazine groups is 1. The summed E-state index contributed by atoms with van der Waals surface area (Å²) in [6.07, 6.45) is 0. The molecule has 1 aromatic carbocycles. The fourth-order valence-electron chi connectivity index (χ4n) is 0.729. The van der Waals surface area contributed by atoms with Crippen LogP contribution in [0.25, 0.3) is 0 Å².